The van der Waals surface area contributed by atoms with Crippen LogP contribution in [0.3, 0.4) is 0 Å². The van der Waals surface area contributed by atoms with Gasteiger partial charge in [-0.15, -0.1) is 5.01 Å². The lowest BCUT2D eigenvalue weighted by Crippen LogP contribution is -2.66. The summed E-state index contributed by atoms with van der Waals surface area (Å²) in [5.74, 6) is -0.419. The SMILES string of the molecule is O=C=C1Cc2ccccc2[N+]1(C(=O)O)N1CCCC1C(=O)C(F)(F)F. The average molecular weight is 355 g/mol. The third-order valence-corrected chi connectivity index (χ3v) is 4.68. The van der Waals surface area contributed by atoms with E-state index in [0.717, 1.165) is 5.01 Å². The van der Waals surface area contributed by atoms with Crippen LogP contribution in [0.2, 0.25) is 0 Å². The molecule has 0 aliphatic carbocycles. The molecule has 2 heterocycles. The van der Waals surface area contributed by atoms with E-state index < -0.39 is 28.7 Å². The first kappa shape index (κ1) is 17.3. The first-order valence-corrected chi connectivity index (χ1v) is 7.58. The molecular formula is C16H14F3N2O4+. The minimum atomic E-state index is -5.08. The predicted octanol–water partition coefficient (Wildman–Crippen LogP) is 2.45. The third-order valence-electron chi connectivity index (χ3n) is 4.68. The van der Waals surface area contributed by atoms with Gasteiger partial charge in [0.05, 0.1) is 13.0 Å². The van der Waals surface area contributed by atoms with Crippen molar-refractivity contribution in [2.75, 3.05) is 6.54 Å². The van der Waals surface area contributed by atoms with E-state index in [4.69, 9.17) is 0 Å². The average Bonchev–Trinajstić information content (AvgIpc) is 3.15. The molecule has 25 heavy (non-hydrogen) atoms. The number of hydrogen-bond donors (Lipinski definition) is 1. The van der Waals surface area contributed by atoms with Gasteiger partial charge in [0.2, 0.25) is 5.70 Å². The molecule has 1 aromatic carbocycles. The van der Waals surface area contributed by atoms with E-state index in [9.17, 15) is 32.7 Å². The van der Waals surface area contributed by atoms with Gasteiger partial charge in [0.15, 0.2) is 11.6 Å². The van der Waals surface area contributed by atoms with Crippen molar-refractivity contribution in [2.45, 2.75) is 31.5 Å². The number of para-hydroxylation sites is 1. The zero-order valence-corrected chi connectivity index (χ0v) is 12.9. The van der Waals surface area contributed by atoms with Gasteiger partial charge < -0.3 is 5.11 Å². The number of fused-ring (bicyclic) bond motifs is 1. The van der Waals surface area contributed by atoms with Crippen molar-refractivity contribution in [3.63, 3.8) is 0 Å². The maximum absolute atomic E-state index is 12.9. The van der Waals surface area contributed by atoms with E-state index in [-0.39, 0.29) is 37.2 Å². The first-order chi connectivity index (χ1) is 11.7. The van der Waals surface area contributed by atoms with Crippen LogP contribution in [-0.4, -0.2) is 46.7 Å². The second-order valence-electron chi connectivity index (χ2n) is 5.96. The fourth-order valence-corrected chi connectivity index (χ4v) is 3.71. The van der Waals surface area contributed by atoms with Crippen molar-refractivity contribution in [2.24, 2.45) is 0 Å². The Morgan fingerprint density at radius 1 is 1.28 bits per heavy atom. The largest absolute Gasteiger partial charge is 0.544 e. The molecule has 1 fully saturated rings. The number of halogens is 3. The summed E-state index contributed by atoms with van der Waals surface area (Å²) in [5, 5.41) is 10.9. The number of benzene rings is 1. The zero-order valence-electron chi connectivity index (χ0n) is 12.9. The fourth-order valence-electron chi connectivity index (χ4n) is 3.71. The van der Waals surface area contributed by atoms with Crippen LogP contribution in [-0.2, 0) is 16.0 Å². The second-order valence-corrected chi connectivity index (χ2v) is 5.96. The van der Waals surface area contributed by atoms with Gasteiger partial charge in [-0.3, -0.25) is 4.79 Å². The summed E-state index contributed by atoms with van der Waals surface area (Å²) in [4.78, 5) is 35.5. The minimum absolute atomic E-state index is 0.0462. The zero-order chi connectivity index (χ0) is 18.4. The lowest BCUT2D eigenvalue weighted by molar-refractivity contribution is -0.178. The molecule has 0 saturated carbocycles. The molecule has 2 aliphatic heterocycles. The molecule has 1 N–H and O–H groups in total. The highest BCUT2D eigenvalue weighted by molar-refractivity contribution is 5.93. The molecule has 0 bridgehead atoms. The molecular weight excluding hydrogens is 341 g/mol. The lowest BCUT2D eigenvalue weighted by atomic mass is 10.1. The van der Waals surface area contributed by atoms with E-state index in [0.29, 0.717) is 5.56 Å². The molecule has 0 radical (unpaired) electrons. The van der Waals surface area contributed by atoms with Gasteiger partial charge in [0.1, 0.15) is 6.04 Å². The summed E-state index contributed by atoms with van der Waals surface area (Å²) >= 11 is 0. The van der Waals surface area contributed by atoms with Crippen molar-refractivity contribution < 1.29 is 32.7 Å². The highest BCUT2D eigenvalue weighted by atomic mass is 19.4. The molecule has 9 heteroatoms. The monoisotopic (exact) mass is 355 g/mol. The molecule has 3 rings (SSSR count). The van der Waals surface area contributed by atoms with Crippen LogP contribution in [0.4, 0.5) is 23.7 Å². The molecule has 1 amide bonds. The Morgan fingerprint density at radius 2 is 1.96 bits per heavy atom. The summed E-state index contributed by atoms with van der Waals surface area (Å²) in [6.07, 6.45) is -6.58. The highest BCUT2D eigenvalue weighted by Crippen LogP contribution is 2.45. The topological polar surface area (TPSA) is 74.7 Å². The summed E-state index contributed by atoms with van der Waals surface area (Å²) in [7, 11) is 0. The molecule has 2 atom stereocenters. The van der Waals surface area contributed by atoms with Gasteiger partial charge in [-0.2, -0.15) is 18.0 Å². The van der Waals surface area contributed by atoms with Crippen LogP contribution < -0.4 is 4.59 Å². The summed E-state index contributed by atoms with van der Waals surface area (Å²) in [5.41, 5.74) is 0.430. The van der Waals surface area contributed by atoms with Crippen molar-refractivity contribution >= 4 is 23.5 Å². The Labute approximate surface area is 140 Å². The molecule has 0 aromatic heterocycles. The van der Waals surface area contributed by atoms with Gasteiger partial charge in [-0.1, -0.05) is 22.8 Å². The maximum atomic E-state index is 12.9. The van der Waals surface area contributed by atoms with Crippen molar-refractivity contribution in [3.8, 4) is 0 Å². The van der Waals surface area contributed by atoms with Crippen molar-refractivity contribution in [1.82, 2.24) is 9.60 Å². The van der Waals surface area contributed by atoms with Crippen LogP contribution in [0.25, 0.3) is 0 Å². The number of nitrogens with zero attached hydrogens (tertiary/aromatic N) is 2. The summed E-state index contributed by atoms with van der Waals surface area (Å²) in [6.45, 7) is -0.0572. The van der Waals surface area contributed by atoms with E-state index >= 15 is 0 Å². The van der Waals surface area contributed by atoms with Crippen molar-refractivity contribution in [1.29, 1.82) is 0 Å². The number of carbonyl (C=O) groups excluding carboxylic acids is 2. The maximum Gasteiger partial charge on any atom is 0.544 e. The summed E-state index contributed by atoms with van der Waals surface area (Å²) in [6, 6.07) is 4.57. The minimum Gasteiger partial charge on any atom is -0.433 e. The summed E-state index contributed by atoms with van der Waals surface area (Å²) < 4.78 is 37.6. The number of alkyl halides is 3. The van der Waals surface area contributed by atoms with E-state index in [1.54, 1.807) is 24.1 Å². The van der Waals surface area contributed by atoms with Crippen LogP contribution in [0.1, 0.15) is 18.4 Å². The Kier molecular flexibility index (Phi) is 4.03. The standard InChI is InChI=1S/C16H13F3N2O4/c17-16(18,19)14(23)12-5-3-7-20(12)21(15(24)25)11(9-22)8-10-4-1-2-6-13(10)21/h1-2,4,6,12H,3,5,7-8H2/p+1. The predicted molar refractivity (Wildman–Crippen MR) is 80.0 cm³/mol. The number of allylic oxidation sites excluding steroid dienone is 1. The van der Waals surface area contributed by atoms with E-state index in [1.165, 1.54) is 6.07 Å². The molecule has 6 nitrogen and oxygen atoms in total. The van der Waals surface area contributed by atoms with Crippen LogP contribution >= 0.6 is 0 Å². The number of carbonyl (C=O) groups is 2. The number of rotatable bonds is 2. The molecule has 0 spiro atoms. The number of Topliss-reactive ketones (excluding diaryl/α,β-unsaturated/α-hetero) is 1. The molecule has 2 aliphatic rings. The van der Waals surface area contributed by atoms with Gasteiger partial charge in [-0.05, 0) is 12.8 Å². The number of hydrogen-bond acceptors (Lipinski definition) is 4. The molecule has 132 valence electrons. The van der Waals surface area contributed by atoms with Gasteiger partial charge in [-0.25, -0.2) is 4.79 Å². The number of ketones is 1. The van der Waals surface area contributed by atoms with Crippen LogP contribution in [0.15, 0.2) is 30.0 Å². The second kappa shape index (κ2) is 5.80. The van der Waals surface area contributed by atoms with E-state index in [2.05, 4.69) is 0 Å². The molecule has 1 saturated heterocycles. The fraction of sp³-hybridized carbons (Fsp3) is 0.375. The lowest BCUT2D eigenvalue weighted by Gasteiger charge is -2.37. The van der Waals surface area contributed by atoms with E-state index in [1.807, 2.05) is 0 Å². The normalized spacial score (nSPS) is 26.4. The first-order valence-electron chi connectivity index (χ1n) is 7.58. The number of quaternary nitrogens is 1. The number of amides is 1. The Hall–Kier alpha value is -2.48. The van der Waals surface area contributed by atoms with Gasteiger partial charge >= 0.3 is 12.3 Å². The van der Waals surface area contributed by atoms with Gasteiger partial charge in [0.25, 0.3) is 5.78 Å². The smallest absolute Gasteiger partial charge is 0.433 e. The third kappa shape index (κ3) is 2.39. The molecule has 1 aromatic rings. The van der Waals surface area contributed by atoms with Crippen LogP contribution in [0, 0.1) is 0 Å². The van der Waals surface area contributed by atoms with Crippen LogP contribution in [0.5, 0.6) is 0 Å². The Bertz CT molecular complexity index is 801. The molecule has 2 unspecified atom stereocenters. The van der Waals surface area contributed by atoms with Crippen molar-refractivity contribution in [3.05, 3.63) is 35.5 Å². The Morgan fingerprint density at radius 3 is 2.56 bits per heavy atom. The van der Waals surface area contributed by atoms with Gasteiger partial charge in [0, 0.05) is 11.6 Å². The Balaban J connectivity index is 2.21. The quantitative estimate of drug-likeness (QED) is 0.652. The highest BCUT2D eigenvalue weighted by Gasteiger charge is 2.62. The number of carboxylic acid groups (broad SMARTS) is 1.